The molecule has 0 saturated heterocycles. The Labute approximate surface area is 99.5 Å². The number of rotatable bonds is 1. The van der Waals surface area contributed by atoms with E-state index in [-0.39, 0.29) is 5.97 Å². The Morgan fingerprint density at radius 1 is 1.67 bits per heavy atom. The van der Waals surface area contributed by atoms with E-state index in [2.05, 4.69) is 27.6 Å². The van der Waals surface area contributed by atoms with Crippen molar-refractivity contribution >= 4 is 34.8 Å². The lowest BCUT2D eigenvalue weighted by Gasteiger charge is -2.31. The molecule has 1 aliphatic carbocycles. The van der Waals surface area contributed by atoms with Crippen molar-refractivity contribution in [3.63, 3.8) is 0 Å². The summed E-state index contributed by atoms with van der Waals surface area (Å²) in [5.41, 5.74) is 1.85. The number of carbonyl (C=O) groups excluding carboxylic acids is 1. The number of carbonyl (C=O) groups is 1. The SMILES string of the molecule is CC(=O)OC12C=NC=C3C=C(O1)C(I)=C32. The molecule has 1 atom stereocenters. The van der Waals surface area contributed by atoms with Crippen molar-refractivity contribution in [2.24, 2.45) is 4.99 Å². The topological polar surface area (TPSA) is 47.9 Å². The molecule has 3 rings (SSSR count). The highest BCUT2D eigenvalue weighted by Crippen LogP contribution is 2.52. The highest BCUT2D eigenvalue weighted by atomic mass is 127. The van der Waals surface area contributed by atoms with Crippen LogP contribution in [0.2, 0.25) is 0 Å². The molecule has 2 bridgehead atoms. The summed E-state index contributed by atoms with van der Waals surface area (Å²) in [7, 11) is 0. The van der Waals surface area contributed by atoms with Crippen molar-refractivity contribution in [1.82, 2.24) is 0 Å². The van der Waals surface area contributed by atoms with E-state index in [4.69, 9.17) is 9.47 Å². The van der Waals surface area contributed by atoms with E-state index in [1.807, 2.05) is 6.08 Å². The van der Waals surface area contributed by atoms with Gasteiger partial charge in [0.05, 0.1) is 15.4 Å². The van der Waals surface area contributed by atoms with Crippen LogP contribution in [0.1, 0.15) is 6.92 Å². The van der Waals surface area contributed by atoms with Crippen molar-refractivity contribution in [1.29, 1.82) is 0 Å². The van der Waals surface area contributed by atoms with Crippen LogP contribution in [0.4, 0.5) is 0 Å². The Morgan fingerprint density at radius 2 is 2.47 bits per heavy atom. The summed E-state index contributed by atoms with van der Waals surface area (Å²) in [4.78, 5) is 15.1. The number of allylic oxidation sites excluding steroid dienone is 2. The minimum atomic E-state index is -1.10. The molecule has 15 heavy (non-hydrogen) atoms. The highest BCUT2D eigenvalue weighted by molar-refractivity contribution is 14.1. The van der Waals surface area contributed by atoms with Gasteiger partial charge in [0.2, 0.25) is 0 Å². The molecule has 0 aromatic carbocycles. The number of esters is 1. The second kappa shape index (κ2) is 2.72. The number of hydrogen-bond acceptors (Lipinski definition) is 4. The first-order valence-corrected chi connectivity index (χ1v) is 5.46. The van der Waals surface area contributed by atoms with Crippen LogP contribution >= 0.6 is 22.6 Å². The van der Waals surface area contributed by atoms with Gasteiger partial charge >= 0.3 is 11.8 Å². The summed E-state index contributed by atoms with van der Waals surface area (Å²) in [5, 5.41) is 0. The van der Waals surface area contributed by atoms with E-state index >= 15 is 0 Å². The highest BCUT2D eigenvalue weighted by Gasteiger charge is 2.53. The van der Waals surface area contributed by atoms with Crippen LogP contribution in [-0.2, 0) is 14.3 Å². The van der Waals surface area contributed by atoms with E-state index in [0.29, 0.717) is 0 Å². The van der Waals surface area contributed by atoms with Crippen LogP contribution in [0.15, 0.2) is 37.8 Å². The molecule has 4 nitrogen and oxygen atoms in total. The van der Waals surface area contributed by atoms with Crippen LogP contribution in [0.25, 0.3) is 0 Å². The number of ether oxygens (including phenoxy) is 2. The molecule has 5 heteroatoms. The minimum absolute atomic E-state index is 0.382. The van der Waals surface area contributed by atoms with Gasteiger partial charge < -0.3 is 9.47 Å². The van der Waals surface area contributed by atoms with E-state index < -0.39 is 5.79 Å². The lowest BCUT2D eigenvalue weighted by atomic mass is 10.00. The molecular formula is C10H6INO3. The van der Waals surface area contributed by atoms with E-state index in [0.717, 1.165) is 20.5 Å². The molecule has 1 unspecified atom stereocenters. The number of aliphatic imine (C=N–C) groups is 1. The smallest absolute Gasteiger partial charge is 0.320 e. The van der Waals surface area contributed by atoms with Gasteiger partial charge in [0.25, 0.3) is 0 Å². The maximum atomic E-state index is 11.0. The average Bonchev–Trinajstić information content (AvgIpc) is 2.55. The van der Waals surface area contributed by atoms with Crippen LogP contribution in [0.3, 0.4) is 0 Å². The summed E-state index contributed by atoms with van der Waals surface area (Å²) in [5.74, 6) is -0.729. The number of halogens is 1. The zero-order valence-electron chi connectivity index (χ0n) is 7.78. The first kappa shape index (κ1) is 9.14. The number of nitrogens with zero attached hydrogens (tertiary/aromatic N) is 1. The van der Waals surface area contributed by atoms with Crippen LogP contribution in [-0.4, -0.2) is 18.0 Å². The molecule has 0 radical (unpaired) electrons. The van der Waals surface area contributed by atoms with E-state index in [1.165, 1.54) is 13.1 Å². The molecule has 2 heterocycles. The van der Waals surface area contributed by atoms with Gasteiger partial charge in [-0.2, -0.15) is 0 Å². The third-order valence-electron chi connectivity index (χ3n) is 2.37. The van der Waals surface area contributed by atoms with E-state index in [9.17, 15) is 4.79 Å². The third kappa shape index (κ3) is 1.06. The number of fused-ring (bicyclic) bond motifs is 1. The summed E-state index contributed by atoms with van der Waals surface area (Å²) in [6.45, 7) is 1.36. The first-order valence-electron chi connectivity index (χ1n) is 4.38. The van der Waals surface area contributed by atoms with Crippen molar-refractivity contribution in [3.8, 4) is 0 Å². The fourth-order valence-electron chi connectivity index (χ4n) is 1.89. The molecule has 0 aromatic heterocycles. The average molecular weight is 315 g/mol. The van der Waals surface area contributed by atoms with Gasteiger partial charge in [-0.25, -0.2) is 0 Å². The Balaban J connectivity index is 2.15. The predicted molar refractivity (Wildman–Crippen MR) is 61.3 cm³/mol. The molecule has 0 aromatic rings. The monoisotopic (exact) mass is 315 g/mol. The molecule has 0 fully saturated rings. The fourth-order valence-corrected chi connectivity index (χ4v) is 2.84. The van der Waals surface area contributed by atoms with Gasteiger partial charge in [0.1, 0.15) is 5.76 Å². The first-order chi connectivity index (χ1) is 7.12. The second-order valence-corrected chi connectivity index (χ2v) is 4.50. The summed E-state index contributed by atoms with van der Waals surface area (Å²) in [6.07, 6.45) is 5.16. The maximum Gasteiger partial charge on any atom is 0.320 e. The lowest BCUT2D eigenvalue weighted by molar-refractivity contribution is -0.171. The van der Waals surface area contributed by atoms with Gasteiger partial charge in [-0.05, 0) is 28.7 Å². The normalized spacial score (nSPS) is 30.0. The Kier molecular flexibility index (Phi) is 1.66. The van der Waals surface area contributed by atoms with Gasteiger partial charge in [-0.3, -0.25) is 9.79 Å². The van der Waals surface area contributed by atoms with Gasteiger partial charge in [0.15, 0.2) is 0 Å². The van der Waals surface area contributed by atoms with Crippen LogP contribution in [0, 0.1) is 0 Å². The zero-order chi connectivity index (χ0) is 10.6. The summed E-state index contributed by atoms with van der Waals surface area (Å²) in [6, 6.07) is 0. The van der Waals surface area contributed by atoms with Crippen LogP contribution < -0.4 is 0 Å². The van der Waals surface area contributed by atoms with Gasteiger partial charge in [-0.15, -0.1) is 0 Å². The van der Waals surface area contributed by atoms with Crippen molar-refractivity contribution in [2.45, 2.75) is 12.7 Å². The van der Waals surface area contributed by atoms with Crippen molar-refractivity contribution < 1.29 is 14.3 Å². The molecule has 2 aliphatic heterocycles. The van der Waals surface area contributed by atoms with Crippen LogP contribution in [0.5, 0.6) is 0 Å². The Hall–Kier alpha value is -1.11. The predicted octanol–water partition coefficient (Wildman–Crippen LogP) is 1.83. The molecule has 76 valence electrons. The summed E-state index contributed by atoms with van der Waals surface area (Å²) < 4.78 is 11.8. The third-order valence-corrected chi connectivity index (χ3v) is 3.45. The largest absolute Gasteiger partial charge is 0.442 e. The lowest BCUT2D eigenvalue weighted by Crippen LogP contribution is -2.41. The van der Waals surface area contributed by atoms with Gasteiger partial charge in [-0.1, -0.05) is 0 Å². The molecule has 0 N–H and O–H groups in total. The fraction of sp³-hybridized carbons (Fsp3) is 0.200. The Bertz CT molecular complexity index is 501. The Morgan fingerprint density at radius 3 is 3.13 bits per heavy atom. The molecular weight excluding hydrogens is 309 g/mol. The van der Waals surface area contributed by atoms with Crippen molar-refractivity contribution in [3.05, 3.63) is 32.8 Å². The molecule has 0 amide bonds. The summed E-state index contributed by atoms with van der Waals surface area (Å²) >= 11 is 2.18. The molecule has 3 aliphatic rings. The minimum Gasteiger partial charge on any atom is -0.442 e. The van der Waals surface area contributed by atoms with E-state index in [1.54, 1.807) is 6.20 Å². The zero-order valence-corrected chi connectivity index (χ0v) is 9.94. The maximum absolute atomic E-state index is 11.0. The van der Waals surface area contributed by atoms with Crippen molar-refractivity contribution in [2.75, 3.05) is 0 Å². The standard InChI is InChI=1S/C10H6INO3/c1-5(13)14-10-4-12-3-6-2-7(15-10)9(11)8(6)10/h2-4H,1H3. The number of hydrogen-bond donors (Lipinski definition) is 0. The molecule has 0 saturated carbocycles. The molecule has 0 spiro atoms. The quantitative estimate of drug-likeness (QED) is 0.548. The second-order valence-electron chi connectivity index (χ2n) is 3.42. The van der Waals surface area contributed by atoms with Gasteiger partial charge in [0, 0.05) is 18.7 Å².